The van der Waals surface area contributed by atoms with Crippen LogP contribution in [0.5, 0.6) is 0 Å². The second-order valence-corrected chi connectivity index (χ2v) is 9.11. The van der Waals surface area contributed by atoms with Gasteiger partial charge < -0.3 is 14.3 Å². The van der Waals surface area contributed by atoms with Crippen LogP contribution < -0.4 is 5.11 Å². The average Bonchev–Trinajstić information content (AvgIpc) is 3.27. The summed E-state index contributed by atoms with van der Waals surface area (Å²) in [6.07, 6.45) is 7.11. The second-order valence-electron chi connectivity index (χ2n) is 7.03. The summed E-state index contributed by atoms with van der Waals surface area (Å²) in [6.45, 7) is 0. The number of benzene rings is 1. The third-order valence-electron chi connectivity index (χ3n) is 5.13. The van der Waals surface area contributed by atoms with Crippen LogP contribution in [0.3, 0.4) is 0 Å². The normalized spacial score (nSPS) is 19.3. The third-order valence-corrected chi connectivity index (χ3v) is 6.79. The maximum Gasteiger partial charge on any atom is 0.266 e. The van der Waals surface area contributed by atoms with E-state index in [1.807, 2.05) is 0 Å². The molecule has 8 heteroatoms. The van der Waals surface area contributed by atoms with E-state index in [4.69, 9.17) is 28.2 Å². The number of aromatic carboxylic acids is 1. The summed E-state index contributed by atoms with van der Waals surface area (Å²) in [5, 5.41) is 11.3. The van der Waals surface area contributed by atoms with E-state index in [2.05, 4.69) is 0 Å². The number of carbonyl (C=O) groups is 2. The Bertz CT molecular complexity index is 1020. The van der Waals surface area contributed by atoms with Gasteiger partial charge in [0.25, 0.3) is 5.91 Å². The summed E-state index contributed by atoms with van der Waals surface area (Å²) in [4.78, 5) is 26.3. The Morgan fingerprint density at radius 2 is 2.00 bits per heavy atom. The van der Waals surface area contributed by atoms with Crippen molar-refractivity contribution in [3.63, 3.8) is 0 Å². The molecule has 1 aromatic carbocycles. The lowest BCUT2D eigenvalue weighted by Gasteiger charge is -2.29. The number of hydrogen-bond donors (Lipinski definition) is 0. The minimum atomic E-state index is -1.35. The molecule has 1 saturated heterocycles. The zero-order valence-electron chi connectivity index (χ0n) is 15.4. The molecule has 5 nitrogen and oxygen atoms in total. The number of nitrogens with zero attached hydrogens (tertiary/aromatic N) is 1. The van der Waals surface area contributed by atoms with Crippen LogP contribution in [0.2, 0.25) is 5.02 Å². The van der Waals surface area contributed by atoms with Crippen LogP contribution >= 0.6 is 35.6 Å². The standard InChI is InChI=1S/C21H18ClNO4S2/c22-16-8-6-12(10-15(16)20(25)26)17-9-7-14(27-17)11-18-19(24)23(21(28)29-18)13-4-2-1-3-5-13/h6-11,13H,1-5H2,(H,25,26)/p-1/b18-11+. The molecule has 1 amide bonds. The highest BCUT2D eigenvalue weighted by Gasteiger charge is 2.37. The Kier molecular flexibility index (Phi) is 5.81. The number of amides is 1. The van der Waals surface area contributed by atoms with E-state index < -0.39 is 5.97 Å². The van der Waals surface area contributed by atoms with E-state index in [0.29, 0.717) is 26.3 Å². The number of carbonyl (C=O) groups excluding carboxylic acids is 2. The van der Waals surface area contributed by atoms with Gasteiger partial charge in [0.05, 0.1) is 10.9 Å². The first-order chi connectivity index (χ1) is 13.9. The number of thiocarbonyl (C=S) groups is 1. The molecule has 150 valence electrons. The van der Waals surface area contributed by atoms with Crippen molar-refractivity contribution in [3.05, 3.63) is 51.6 Å². The van der Waals surface area contributed by atoms with Gasteiger partial charge >= 0.3 is 0 Å². The fourth-order valence-corrected chi connectivity index (χ4v) is 5.26. The number of thioether (sulfide) groups is 1. The van der Waals surface area contributed by atoms with E-state index >= 15 is 0 Å². The largest absolute Gasteiger partial charge is 0.545 e. The number of halogens is 1. The molecule has 0 bridgehead atoms. The topological polar surface area (TPSA) is 73.6 Å². The van der Waals surface area contributed by atoms with Gasteiger partial charge in [0, 0.05) is 28.3 Å². The lowest BCUT2D eigenvalue weighted by molar-refractivity contribution is -0.255. The number of furan rings is 1. The van der Waals surface area contributed by atoms with Gasteiger partial charge in [-0.2, -0.15) is 0 Å². The number of hydrogen-bond acceptors (Lipinski definition) is 6. The predicted octanol–water partition coefficient (Wildman–Crippen LogP) is 4.50. The molecule has 2 heterocycles. The van der Waals surface area contributed by atoms with Crippen LogP contribution in [0.4, 0.5) is 0 Å². The molecule has 0 unspecified atom stereocenters. The predicted molar refractivity (Wildman–Crippen MR) is 115 cm³/mol. The molecule has 0 atom stereocenters. The van der Waals surface area contributed by atoms with Gasteiger partial charge in [-0.15, -0.1) is 0 Å². The second kappa shape index (κ2) is 8.34. The molecule has 1 aliphatic carbocycles. The molecule has 1 aliphatic heterocycles. The molecule has 1 aromatic heterocycles. The minimum Gasteiger partial charge on any atom is -0.545 e. The Balaban J connectivity index is 1.57. The van der Waals surface area contributed by atoms with Gasteiger partial charge in [0.15, 0.2) is 0 Å². The molecule has 2 fully saturated rings. The summed E-state index contributed by atoms with van der Waals surface area (Å²) >= 11 is 12.6. The average molecular weight is 447 g/mol. The lowest BCUT2D eigenvalue weighted by atomic mass is 9.94. The van der Waals surface area contributed by atoms with Crippen LogP contribution in [-0.2, 0) is 4.79 Å². The van der Waals surface area contributed by atoms with Crippen molar-refractivity contribution in [1.82, 2.24) is 4.90 Å². The van der Waals surface area contributed by atoms with Gasteiger partial charge in [-0.3, -0.25) is 9.69 Å². The zero-order valence-corrected chi connectivity index (χ0v) is 17.7. The Hall–Kier alpha value is -2.09. The molecule has 0 radical (unpaired) electrons. The van der Waals surface area contributed by atoms with Crippen molar-refractivity contribution in [2.45, 2.75) is 38.1 Å². The molecule has 29 heavy (non-hydrogen) atoms. The van der Waals surface area contributed by atoms with Crippen LogP contribution in [0.1, 0.15) is 48.2 Å². The molecule has 2 aromatic rings. The summed E-state index contributed by atoms with van der Waals surface area (Å²) in [7, 11) is 0. The Labute approximate surface area is 182 Å². The summed E-state index contributed by atoms with van der Waals surface area (Å²) < 4.78 is 6.40. The van der Waals surface area contributed by atoms with Crippen LogP contribution in [0.25, 0.3) is 17.4 Å². The highest BCUT2D eigenvalue weighted by atomic mass is 35.5. The minimum absolute atomic E-state index is 0.0735. The number of carboxylic acid groups (broad SMARTS) is 1. The van der Waals surface area contributed by atoms with E-state index in [9.17, 15) is 14.7 Å². The number of rotatable bonds is 4. The third kappa shape index (κ3) is 4.13. The van der Waals surface area contributed by atoms with Crippen LogP contribution in [0.15, 0.2) is 39.7 Å². The quantitative estimate of drug-likeness (QED) is 0.508. The van der Waals surface area contributed by atoms with Crippen LogP contribution in [-0.4, -0.2) is 27.1 Å². The first kappa shape index (κ1) is 20.2. The fraction of sp³-hybridized carbons (Fsp3) is 0.286. The van der Waals surface area contributed by atoms with Crippen molar-refractivity contribution in [1.29, 1.82) is 0 Å². The Morgan fingerprint density at radius 3 is 2.72 bits per heavy atom. The summed E-state index contributed by atoms with van der Waals surface area (Å²) in [6, 6.07) is 8.19. The van der Waals surface area contributed by atoms with E-state index in [1.165, 1.54) is 30.3 Å². The van der Waals surface area contributed by atoms with Crippen molar-refractivity contribution in [2.75, 3.05) is 0 Å². The Morgan fingerprint density at radius 1 is 1.24 bits per heavy atom. The van der Waals surface area contributed by atoms with Crippen molar-refractivity contribution < 1.29 is 19.1 Å². The SMILES string of the molecule is O=C([O-])c1cc(-c2ccc(/C=C3/SC(=S)N(C4CCCCC4)C3=O)o2)ccc1Cl. The van der Waals surface area contributed by atoms with Gasteiger partial charge in [0.1, 0.15) is 15.8 Å². The maximum atomic E-state index is 12.9. The molecular formula is C21H17ClNO4S2-. The van der Waals surface area contributed by atoms with Crippen LogP contribution in [0, 0.1) is 0 Å². The molecule has 1 saturated carbocycles. The lowest BCUT2D eigenvalue weighted by Crippen LogP contribution is -2.39. The first-order valence-corrected chi connectivity index (χ1v) is 10.9. The molecular weight excluding hydrogens is 430 g/mol. The molecule has 2 aliphatic rings. The summed E-state index contributed by atoms with van der Waals surface area (Å²) in [5.41, 5.74) is 0.457. The van der Waals surface area contributed by atoms with E-state index in [-0.39, 0.29) is 22.5 Å². The number of carboxylic acids is 1. The first-order valence-electron chi connectivity index (χ1n) is 9.32. The highest BCUT2D eigenvalue weighted by molar-refractivity contribution is 8.26. The summed E-state index contributed by atoms with van der Waals surface area (Å²) in [5.74, 6) is -0.460. The van der Waals surface area contributed by atoms with Crippen molar-refractivity contribution >= 4 is 57.9 Å². The van der Waals surface area contributed by atoms with Crippen molar-refractivity contribution in [2.24, 2.45) is 0 Å². The fourth-order valence-electron chi connectivity index (χ4n) is 3.68. The van der Waals surface area contributed by atoms with Gasteiger partial charge in [0.2, 0.25) is 0 Å². The molecule has 0 N–H and O–H groups in total. The van der Waals surface area contributed by atoms with Gasteiger partial charge in [-0.25, -0.2) is 0 Å². The van der Waals surface area contributed by atoms with Gasteiger partial charge in [-0.05, 0) is 43.2 Å². The van der Waals surface area contributed by atoms with Crippen molar-refractivity contribution in [3.8, 4) is 11.3 Å². The highest BCUT2D eigenvalue weighted by Crippen LogP contribution is 2.38. The zero-order chi connectivity index (χ0) is 20.5. The molecule has 4 rings (SSSR count). The van der Waals surface area contributed by atoms with E-state index in [0.717, 1.165) is 25.7 Å². The monoisotopic (exact) mass is 446 g/mol. The maximum absolute atomic E-state index is 12.9. The molecule has 0 spiro atoms. The smallest absolute Gasteiger partial charge is 0.266 e. The van der Waals surface area contributed by atoms with Gasteiger partial charge in [-0.1, -0.05) is 54.8 Å². The van der Waals surface area contributed by atoms with E-state index in [1.54, 1.807) is 29.2 Å².